The second-order valence-corrected chi connectivity index (χ2v) is 13.9. The Bertz CT molecular complexity index is 3000. The number of carboxylic acids is 4. The summed E-state index contributed by atoms with van der Waals surface area (Å²) in [7, 11) is 0. The standard InChI is InChI=1S/C48H28N4O8.Cu/c53-45(54)29-9-1-25(2-10-29)41-33-17-19-35(49-33)42(26-3-11-30(12-4-26)46(55)56)37-21-23-39(51-37)44(28-7-15-32(16-8-28)48(59)60)40-24-22-38(52-40)43(36-20-18-34(41)50-36)27-5-13-31(14-6-27)47(57)58;/h1-24H,(H,53,54)(H,55,56)(H,57,58)(H,59,60);/q-2;+2. The molecule has 0 atom stereocenters. The molecule has 12 nitrogen and oxygen atoms in total. The zero-order chi connectivity index (χ0) is 41.7. The predicted molar refractivity (Wildman–Crippen MR) is 224 cm³/mol. The molecule has 0 fully saturated rings. The van der Waals surface area contributed by atoms with Gasteiger partial charge in [-0.25, -0.2) is 24.2 Å². The Kier molecular flexibility index (Phi) is 10.4. The maximum Gasteiger partial charge on any atom is 2.00 e. The van der Waals surface area contributed by atoms with Crippen LogP contribution >= 0.6 is 0 Å². The van der Waals surface area contributed by atoms with Gasteiger partial charge in [-0.3, -0.25) is 9.98 Å². The van der Waals surface area contributed by atoms with E-state index in [-0.39, 0.29) is 39.3 Å². The third kappa shape index (κ3) is 7.42. The Morgan fingerprint density at radius 3 is 1.33 bits per heavy atom. The topological polar surface area (TPSA) is 199 Å². The molecule has 0 saturated carbocycles. The number of rotatable bonds is 8. The minimum atomic E-state index is -1.07. The van der Waals surface area contributed by atoms with Crippen molar-refractivity contribution in [2.24, 2.45) is 15.0 Å². The Balaban J connectivity index is 0.00000514. The van der Waals surface area contributed by atoms with Crippen molar-refractivity contribution in [3.8, 4) is 0 Å². The monoisotopic (exact) mass is 851 g/mol. The molecular weight excluding hydrogens is 824 g/mol. The molecule has 1 aromatic heterocycles. The molecule has 4 aliphatic rings. The van der Waals surface area contributed by atoms with E-state index in [9.17, 15) is 39.6 Å². The first-order valence-corrected chi connectivity index (χ1v) is 18.4. The Labute approximate surface area is 357 Å². The van der Waals surface area contributed by atoms with E-state index in [2.05, 4.69) is 0 Å². The molecule has 1 radical (unpaired) electrons. The van der Waals surface area contributed by atoms with E-state index >= 15 is 0 Å². The zero-order valence-electron chi connectivity index (χ0n) is 31.4. The maximum absolute atomic E-state index is 11.8. The molecule has 4 N–H and O–H groups in total. The van der Waals surface area contributed by atoms with Crippen molar-refractivity contribution in [1.29, 1.82) is 0 Å². The molecule has 0 saturated heterocycles. The fourth-order valence-corrected chi connectivity index (χ4v) is 7.39. The van der Waals surface area contributed by atoms with E-state index in [1.165, 1.54) is 48.5 Å². The van der Waals surface area contributed by atoms with Gasteiger partial charge in [0.25, 0.3) is 0 Å². The van der Waals surface area contributed by atoms with Gasteiger partial charge in [0.05, 0.1) is 33.8 Å². The molecule has 5 heterocycles. The van der Waals surface area contributed by atoms with Crippen LogP contribution in [-0.2, 0) is 17.1 Å². The van der Waals surface area contributed by atoms with E-state index in [1.54, 1.807) is 48.5 Å². The molecule has 4 aromatic carbocycles. The zero-order valence-corrected chi connectivity index (χ0v) is 32.3. The van der Waals surface area contributed by atoms with E-state index in [0.29, 0.717) is 90.5 Å². The van der Waals surface area contributed by atoms with Crippen LogP contribution in [0.1, 0.15) is 75.1 Å². The van der Waals surface area contributed by atoms with E-state index < -0.39 is 23.9 Å². The van der Waals surface area contributed by atoms with Gasteiger partial charge in [0.15, 0.2) is 0 Å². The van der Waals surface area contributed by atoms with Crippen LogP contribution in [0.15, 0.2) is 178 Å². The summed E-state index contributed by atoms with van der Waals surface area (Å²) < 4.78 is 0. The Morgan fingerprint density at radius 1 is 0.459 bits per heavy atom. The van der Waals surface area contributed by atoms with Crippen molar-refractivity contribution < 1.29 is 56.7 Å². The minimum Gasteiger partial charge on any atom is -0.478 e. The fourth-order valence-electron chi connectivity index (χ4n) is 7.39. The summed E-state index contributed by atoms with van der Waals surface area (Å²) in [4.78, 5) is 67.8. The number of aromatic nitrogens is 1. The van der Waals surface area contributed by atoms with E-state index in [1.807, 2.05) is 48.6 Å². The van der Waals surface area contributed by atoms with Gasteiger partial charge in [-0.2, -0.15) is 0 Å². The maximum atomic E-state index is 11.8. The second kappa shape index (κ2) is 15.9. The molecule has 4 aliphatic heterocycles. The van der Waals surface area contributed by atoms with E-state index in [0.717, 1.165) is 0 Å². The summed E-state index contributed by atoms with van der Waals surface area (Å²) in [6.45, 7) is 0. The molecule has 0 amide bonds. The summed E-state index contributed by atoms with van der Waals surface area (Å²) in [5.41, 5.74) is 8.93. The van der Waals surface area contributed by atoms with E-state index in [4.69, 9.17) is 20.0 Å². The number of carbonyl (C=O) groups is 4. The molecule has 0 unspecified atom stereocenters. The first-order chi connectivity index (χ1) is 29.0. The van der Waals surface area contributed by atoms with Crippen LogP contribution in [0.3, 0.4) is 0 Å². The molecule has 0 spiro atoms. The minimum absolute atomic E-state index is 0. The molecular formula is C48H28CuN4O8. The first-order valence-electron chi connectivity index (χ1n) is 18.4. The first kappa shape index (κ1) is 39.7. The van der Waals surface area contributed by atoms with Crippen LogP contribution in [0, 0.1) is 5.92 Å². The van der Waals surface area contributed by atoms with Crippen LogP contribution in [0.4, 0.5) is 0 Å². The van der Waals surface area contributed by atoms with Crippen LogP contribution < -0.4 is 0 Å². The number of allylic oxidation sites excluding steroid dienone is 7. The number of nitrogens with zero attached hydrogens (tertiary/aromatic N) is 4. The summed E-state index contributed by atoms with van der Waals surface area (Å²) in [5, 5.41) is 38.7. The molecule has 5 aromatic rings. The number of hydrogen-bond donors (Lipinski definition) is 4. The number of aliphatic imine (C=N–C) groups is 3. The number of carboxylic acid groups (broad SMARTS) is 4. The predicted octanol–water partition coefficient (Wildman–Crippen LogP) is 8.19. The molecule has 13 heteroatoms. The summed E-state index contributed by atoms with van der Waals surface area (Å²) in [5.74, 6) is -3.70. The molecule has 61 heavy (non-hydrogen) atoms. The number of fused-ring (bicyclic) bond motifs is 5. The quantitative estimate of drug-likeness (QED) is 0.0878. The summed E-state index contributed by atoms with van der Waals surface area (Å²) in [6, 6.07) is 29.3. The van der Waals surface area contributed by atoms with Gasteiger partial charge >= 0.3 is 40.9 Å². The van der Waals surface area contributed by atoms with Gasteiger partial charge in [-0.15, -0.1) is 29.8 Å². The molecule has 8 bridgehead atoms. The van der Waals surface area contributed by atoms with Crippen molar-refractivity contribution in [2.75, 3.05) is 0 Å². The second-order valence-electron chi connectivity index (χ2n) is 13.9. The van der Waals surface area contributed by atoms with Crippen molar-refractivity contribution in [3.05, 3.63) is 225 Å². The molecule has 299 valence electrons. The van der Waals surface area contributed by atoms with Gasteiger partial charge in [0, 0.05) is 28.3 Å². The summed E-state index contributed by atoms with van der Waals surface area (Å²) in [6.07, 6.45) is 11.0. The third-order valence-corrected chi connectivity index (χ3v) is 10.3. The number of hydrogen-bond acceptors (Lipinski definition) is 8. The third-order valence-electron chi connectivity index (χ3n) is 10.3. The van der Waals surface area contributed by atoms with Crippen molar-refractivity contribution in [2.45, 2.75) is 0 Å². The molecule has 9 rings (SSSR count). The number of benzene rings is 4. The van der Waals surface area contributed by atoms with Gasteiger partial charge in [-0.05, 0) is 82.6 Å². The van der Waals surface area contributed by atoms with Gasteiger partial charge in [0.1, 0.15) is 0 Å². The summed E-state index contributed by atoms with van der Waals surface area (Å²) >= 11 is 0. The largest absolute Gasteiger partial charge is 2.00 e. The van der Waals surface area contributed by atoms with Crippen molar-refractivity contribution in [3.63, 3.8) is 0 Å². The van der Waals surface area contributed by atoms with Crippen LogP contribution in [0.5, 0.6) is 0 Å². The van der Waals surface area contributed by atoms with Gasteiger partial charge in [0.2, 0.25) is 0 Å². The van der Waals surface area contributed by atoms with Crippen molar-refractivity contribution in [1.82, 2.24) is 4.98 Å². The van der Waals surface area contributed by atoms with Crippen LogP contribution in [-0.4, -0.2) is 66.4 Å². The van der Waals surface area contributed by atoms with Gasteiger partial charge < -0.3 is 25.4 Å². The van der Waals surface area contributed by atoms with Crippen molar-refractivity contribution >= 4 is 57.7 Å². The Morgan fingerprint density at radius 2 is 0.852 bits per heavy atom. The number of aromatic carboxylic acids is 4. The fraction of sp³-hybridized carbons (Fsp3) is 0. The Hall–Kier alpha value is -8.12. The average molecular weight is 852 g/mol. The van der Waals surface area contributed by atoms with Crippen LogP contribution in [0.25, 0.3) is 16.7 Å². The smallest absolute Gasteiger partial charge is 0.478 e. The SMILES string of the molecule is O=C(O)c1ccc(C2=C3C=CC(=N3)[C-](c3ccc(C(=O)O)cc3)C3=NC(=C(c4ccc(C(=O)O)cc4)c4[cH-]cc(n4)C(c4ccc(C(=O)O)cc4)=C4C=CC2=N4)C=C3)cc1.[Cu+2]. The normalized spacial score (nSPS) is 15.1. The molecule has 0 aliphatic carbocycles. The van der Waals surface area contributed by atoms with Crippen LogP contribution in [0.2, 0.25) is 0 Å². The van der Waals surface area contributed by atoms with Gasteiger partial charge in [-0.1, -0.05) is 84.0 Å². The average Bonchev–Trinajstić information content (AvgIpc) is 4.10.